The number of carbonyl (C=O) groups is 2. The molecule has 1 rings (SSSR count). The van der Waals surface area contributed by atoms with Crippen molar-refractivity contribution in [3.05, 3.63) is 0 Å². The number of nitrogens with zero attached hydrogens (tertiary/aromatic N) is 1. The standard InChI is InChI=1S/C14H26N2O2/c1-9(2)13(17)16(14(18)10(3)4)12-7-5-11(15)6-8-12/h9-12H,5-8,15H2,1-4H3. The number of hydrogen-bond donors (Lipinski definition) is 1. The van der Waals surface area contributed by atoms with Crippen molar-refractivity contribution in [1.29, 1.82) is 0 Å². The van der Waals surface area contributed by atoms with Crippen molar-refractivity contribution in [2.24, 2.45) is 17.6 Å². The molecule has 0 saturated heterocycles. The molecule has 2 amide bonds. The summed E-state index contributed by atoms with van der Waals surface area (Å²) in [5.74, 6) is -0.366. The van der Waals surface area contributed by atoms with Crippen LogP contribution in [-0.4, -0.2) is 28.8 Å². The van der Waals surface area contributed by atoms with E-state index < -0.39 is 0 Å². The van der Waals surface area contributed by atoms with Crippen molar-refractivity contribution < 1.29 is 9.59 Å². The first-order valence-corrected chi connectivity index (χ1v) is 6.97. The van der Waals surface area contributed by atoms with Gasteiger partial charge in [-0.2, -0.15) is 0 Å². The zero-order chi connectivity index (χ0) is 13.9. The highest BCUT2D eigenvalue weighted by atomic mass is 16.2. The number of carbonyl (C=O) groups excluding carboxylic acids is 2. The van der Waals surface area contributed by atoms with Gasteiger partial charge in [-0.1, -0.05) is 27.7 Å². The Morgan fingerprint density at radius 1 is 0.944 bits per heavy atom. The molecule has 18 heavy (non-hydrogen) atoms. The van der Waals surface area contributed by atoms with E-state index >= 15 is 0 Å². The van der Waals surface area contributed by atoms with E-state index in [1.54, 1.807) is 0 Å². The number of nitrogens with two attached hydrogens (primary N) is 1. The van der Waals surface area contributed by atoms with Crippen molar-refractivity contribution in [2.75, 3.05) is 0 Å². The molecule has 0 aromatic rings. The van der Waals surface area contributed by atoms with E-state index in [1.165, 1.54) is 4.90 Å². The third-order valence-corrected chi connectivity index (χ3v) is 3.57. The Balaban J connectivity index is 2.84. The van der Waals surface area contributed by atoms with Gasteiger partial charge in [-0.05, 0) is 25.7 Å². The predicted molar refractivity (Wildman–Crippen MR) is 71.8 cm³/mol. The van der Waals surface area contributed by atoms with Crippen LogP contribution >= 0.6 is 0 Å². The molecule has 4 heteroatoms. The van der Waals surface area contributed by atoms with Crippen molar-refractivity contribution in [3.8, 4) is 0 Å². The molecule has 1 saturated carbocycles. The van der Waals surface area contributed by atoms with Crippen LogP contribution in [0.3, 0.4) is 0 Å². The van der Waals surface area contributed by atoms with Gasteiger partial charge in [0.05, 0.1) is 0 Å². The molecule has 104 valence electrons. The Bertz CT molecular complexity index is 285. The Hall–Kier alpha value is -0.900. The molecule has 0 aromatic carbocycles. The van der Waals surface area contributed by atoms with Crippen molar-refractivity contribution in [3.63, 3.8) is 0 Å². The quantitative estimate of drug-likeness (QED) is 0.837. The third-order valence-electron chi connectivity index (χ3n) is 3.57. The van der Waals surface area contributed by atoms with Gasteiger partial charge >= 0.3 is 0 Å². The maximum absolute atomic E-state index is 12.2. The second kappa shape index (κ2) is 6.32. The molecule has 0 aromatic heterocycles. The van der Waals surface area contributed by atoms with E-state index in [-0.39, 0.29) is 35.7 Å². The Kier molecular flexibility index (Phi) is 5.32. The minimum Gasteiger partial charge on any atom is -0.328 e. The predicted octanol–water partition coefficient (Wildman–Crippen LogP) is 1.92. The Morgan fingerprint density at radius 3 is 1.67 bits per heavy atom. The van der Waals surface area contributed by atoms with Gasteiger partial charge in [-0.25, -0.2) is 0 Å². The highest BCUT2D eigenvalue weighted by Gasteiger charge is 2.34. The Labute approximate surface area is 110 Å². The van der Waals surface area contributed by atoms with E-state index in [2.05, 4.69) is 0 Å². The summed E-state index contributed by atoms with van der Waals surface area (Å²) in [5.41, 5.74) is 5.88. The smallest absolute Gasteiger partial charge is 0.231 e. The molecular formula is C14H26N2O2. The van der Waals surface area contributed by atoms with Crippen LogP contribution in [0, 0.1) is 11.8 Å². The largest absolute Gasteiger partial charge is 0.328 e. The molecule has 0 heterocycles. The molecular weight excluding hydrogens is 228 g/mol. The van der Waals surface area contributed by atoms with Crippen molar-refractivity contribution in [1.82, 2.24) is 4.90 Å². The lowest BCUT2D eigenvalue weighted by molar-refractivity contribution is -0.152. The van der Waals surface area contributed by atoms with E-state index in [4.69, 9.17) is 5.73 Å². The van der Waals surface area contributed by atoms with Crippen molar-refractivity contribution in [2.45, 2.75) is 65.5 Å². The normalized spacial score (nSPS) is 24.4. The average Bonchev–Trinajstić information content (AvgIpc) is 2.31. The third kappa shape index (κ3) is 3.55. The van der Waals surface area contributed by atoms with Crippen molar-refractivity contribution >= 4 is 11.8 Å². The zero-order valence-electron chi connectivity index (χ0n) is 12.0. The molecule has 0 aliphatic heterocycles. The van der Waals surface area contributed by atoms with Crippen LogP contribution in [0.25, 0.3) is 0 Å². The van der Waals surface area contributed by atoms with Gasteiger partial charge in [-0.15, -0.1) is 0 Å². The van der Waals surface area contributed by atoms with Gasteiger partial charge in [0, 0.05) is 23.9 Å². The van der Waals surface area contributed by atoms with Crippen LogP contribution in [0.5, 0.6) is 0 Å². The fourth-order valence-corrected chi connectivity index (χ4v) is 2.38. The summed E-state index contributed by atoms with van der Waals surface area (Å²) < 4.78 is 0. The fourth-order valence-electron chi connectivity index (χ4n) is 2.38. The minimum atomic E-state index is -0.136. The van der Waals surface area contributed by atoms with Gasteiger partial charge < -0.3 is 5.73 Å². The topological polar surface area (TPSA) is 63.4 Å². The lowest BCUT2D eigenvalue weighted by Crippen LogP contribution is -2.50. The van der Waals surface area contributed by atoms with Gasteiger partial charge in [0.2, 0.25) is 11.8 Å². The first-order valence-electron chi connectivity index (χ1n) is 6.97. The van der Waals surface area contributed by atoms with E-state index in [0.29, 0.717) is 0 Å². The summed E-state index contributed by atoms with van der Waals surface area (Å²) in [7, 11) is 0. The molecule has 4 nitrogen and oxygen atoms in total. The monoisotopic (exact) mass is 254 g/mol. The number of imide groups is 1. The highest BCUT2D eigenvalue weighted by Crippen LogP contribution is 2.25. The Morgan fingerprint density at radius 2 is 1.33 bits per heavy atom. The molecule has 1 fully saturated rings. The lowest BCUT2D eigenvalue weighted by Gasteiger charge is -2.36. The summed E-state index contributed by atoms with van der Waals surface area (Å²) in [4.78, 5) is 26.0. The van der Waals surface area contributed by atoms with Gasteiger partial charge in [0.15, 0.2) is 0 Å². The first-order chi connectivity index (χ1) is 8.34. The van der Waals surface area contributed by atoms with Crippen LogP contribution in [0.1, 0.15) is 53.4 Å². The van der Waals surface area contributed by atoms with Crippen LogP contribution in [0.15, 0.2) is 0 Å². The second-order valence-electron chi connectivity index (χ2n) is 5.92. The molecule has 2 N–H and O–H groups in total. The van der Waals surface area contributed by atoms with Gasteiger partial charge in [0.1, 0.15) is 0 Å². The van der Waals surface area contributed by atoms with E-state index in [9.17, 15) is 9.59 Å². The maximum atomic E-state index is 12.2. The molecule has 0 spiro atoms. The SMILES string of the molecule is CC(C)C(=O)N(C(=O)C(C)C)C1CCC(N)CC1. The van der Waals surface area contributed by atoms with Crippen LogP contribution in [0.4, 0.5) is 0 Å². The average molecular weight is 254 g/mol. The van der Waals surface area contributed by atoms with Crippen LogP contribution in [0.2, 0.25) is 0 Å². The highest BCUT2D eigenvalue weighted by molar-refractivity contribution is 5.97. The minimum absolute atomic E-state index is 0.0471. The first kappa shape index (κ1) is 15.2. The van der Waals surface area contributed by atoms with Crippen LogP contribution < -0.4 is 5.73 Å². The van der Waals surface area contributed by atoms with E-state index in [0.717, 1.165) is 25.7 Å². The zero-order valence-corrected chi connectivity index (χ0v) is 12.0. The summed E-state index contributed by atoms with van der Waals surface area (Å²) in [6.45, 7) is 7.38. The lowest BCUT2D eigenvalue weighted by atomic mass is 9.89. The summed E-state index contributed by atoms with van der Waals surface area (Å²) >= 11 is 0. The molecule has 0 bridgehead atoms. The number of amides is 2. The fraction of sp³-hybridized carbons (Fsp3) is 0.857. The van der Waals surface area contributed by atoms with E-state index in [1.807, 2.05) is 27.7 Å². The van der Waals surface area contributed by atoms with Gasteiger partial charge in [-0.3, -0.25) is 14.5 Å². The summed E-state index contributed by atoms with van der Waals surface area (Å²) in [6, 6.07) is 0.279. The number of rotatable bonds is 3. The summed E-state index contributed by atoms with van der Waals surface area (Å²) in [6.07, 6.45) is 3.49. The summed E-state index contributed by atoms with van der Waals surface area (Å²) in [5, 5.41) is 0. The maximum Gasteiger partial charge on any atom is 0.231 e. The number of hydrogen-bond acceptors (Lipinski definition) is 3. The molecule has 1 aliphatic rings. The molecule has 0 radical (unpaired) electrons. The molecule has 1 aliphatic carbocycles. The second-order valence-corrected chi connectivity index (χ2v) is 5.92. The van der Waals surface area contributed by atoms with Gasteiger partial charge in [0.25, 0.3) is 0 Å². The molecule has 0 atom stereocenters. The van der Waals surface area contributed by atoms with Crippen LogP contribution in [-0.2, 0) is 9.59 Å². The molecule has 0 unspecified atom stereocenters.